The van der Waals surface area contributed by atoms with E-state index in [0.29, 0.717) is 5.92 Å². The molecule has 0 spiro atoms. The maximum atomic E-state index is 12.8. The number of fused-ring (bicyclic) bond motifs is 1. The number of nitrogens with one attached hydrogen (secondary N) is 2. The van der Waals surface area contributed by atoms with Crippen LogP contribution in [-0.2, 0) is 9.53 Å². The number of carbonyl (C=O) groups excluding carboxylic acids is 1. The average molecular weight is 382 g/mol. The normalized spacial score (nSPS) is 32.2. The Morgan fingerprint density at radius 1 is 1.33 bits per heavy atom. The summed E-state index contributed by atoms with van der Waals surface area (Å²) < 4.78 is 5.56. The van der Waals surface area contributed by atoms with Crippen molar-refractivity contribution in [1.29, 1.82) is 0 Å². The summed E-state index contributed by atoms with van der Waals surface area (Å²) in [6.45, 7) is 10.5. The molecule has 1 saturated carbocycles. The highest BCUT2D eigenvalue weighted by atomic mass is 35.5. The molecule has 3 aliphatic rings. The van der Waals surface area contributed by atoms with Gasteiger partial charge in [-0.1, -0.05) is 12.8 Å². The van der Waals surface area contributed by atoms with Crippen molar-refractivity contribution in [1.82, 2.24) is 15.5 Å². The summed E-state index contributed by atoms with van der Waals surface area (Å²) in [5.41, 5.74) is -0.0532. The van der Waals surface area contributed by atoms with Gasteiger partial charge in [0, 0.05) is 31.7 Å². The van der Waals surface area contributed by atoms with Crippen LogP contribution in [0.5, 0.6) is 0 Å². The fraction of sp³-hybridized carbons (Fsp3) is 0.941. The summed E-state index contributed by atoms with van der Waals surface area (Å²) in [5, 5.41) is 6.69. The molecule has 24 heavy (non-hydrogen) atoms. The number of ether oxygens (including phenoxy) is 1. The van der Waals surface area contributed by atoms with E-state index in [1.165, 1.54) is 19.3 Å². The van der Waals surface area contributed by atoms with Crippen molar-refractivity contribution < 1.29 is 9.53 Å². The van der Waals surface area contributed by atoms with Crippen LogP contribution < -0.4 is 10.6 Å². The summed E-state index contributed by atoms with van der Waals surface area (Å²) in [6.07, 6.45) is 4.74. The Hall–Kier alpha value is -0.0700. The van der Waals surface area contributed by atoms with Gasteiger partial charge >= 0.3 is 0 Å². The Labute approximate surface area is 158 Å². The van der Waals surface area contributed by atoms with E-state index in [4.69, 9.17) is 4.74 Å². The van der Waals surface area contributed by atoms with Crippen LogP contribution >= 0.6 is 24.8 Å². The molecule has 3 fully saturated rings. The number of nitrogens with zero attached hydrogens (tertiary/aromatic N) is 1. The number of halogens is 2. The molecule has 0 aromatic carbocycles. The fourth-order valence-electron chi connectivity index (χ4n) is 4.48. The second-order valence-corrected chi connectivity index (χ2v) is 7.84. The minimum atomic E-state index is -0.126. The molecule has 1 aliphatic carbocycles. The number of amides is 1. The molecule has 0 aromatic rings. The third-order valence-corrected chi connectivity index (χ3v) is 5.97. The molecule has 7 heteroatoms. The number of hydrogen-bond acceptors (Lipinski definition) is 4. The molecular formula is C17H33Cl2N3O2. The standard InChI is InChI=1S/C17H31N3O2.2ClH/c1-16(2)13-22-10-9-20(16)8-7-19-15(21)17-6-4-3-5-14(17)11-18-12-17;;/h14,18H,3-13H2,1-2H3,(H,19,21);2*1H/t14-,17+;;/m0../s1. The monoisotopic (exact) mass is 381 g/mol. The van der Waals surface area contributed by atoms with Crippen LogP contribution in [0.1, 0.15) is 39.5 Å². The topological polar surface area (TPSA) is 53.6 Å². The van der Waals surface area contributed by atoms with Gasteiger partial charge in [0.1, 0.15) is 0 Å². The minimum Gasteiger partial charge on any atom is -0.378 e. The first-order chi connectivity index (χ1) is 10.5. The first-order valence-corrected chi connectivity index (χ1v) is 8.86. The van der Waals surface area contributed by atoms with Gasteiger partial charge in [-0.2, -0.15) is 0 Å². The molecule has 1 amide bonds. The fourth-order valence-corrected chi connectivity index (χ4v) is 4.48. The largest absolute Gasteiger partial charge is 0.378 e. The maximum absolute atomic E-state index is 12.8. The van der Waals surface area contributed by atoms with Gasteiger partial charge in [0.2, 0.25) is 5.91 Å². The van der Waals surface area contributed by atoms with Gasteiger partial charge in [-0.3, -0.25) is 9.69 Å². The van der Waals surface area contributed by atoms with Crippen LogP contribution in [0.2, 0.25) is 0 Å². The van der Waals surface area contributed by atoms with Crippen LogP contribution in [0.4, 0.5) is 0 Å². The zero-order valence-electron chi connectivity index (χ0n) is 14.9. The van der Waals surface area contributed by atoms with Crippen molar-refractivity contribution in [2.45, 2.75) is 45.1 Å². The van der Waals surface area contributed by atoms with Crippen LogP contribution in [0.15, 0.2) is 0 Å². The molecule has 0 bridgehead atoms. The molecule has 142 valence electrons. The third kappa shape index (κ3) is 4.36. The Morgan fingerprint density at radius 3 is 2.88 bits per heavy atom. The molecule has 0 aromatic heterocycles. The molecule has 2 heterocycles. The van der Waals surface area contributed by atoms with E-state index < -0.39 is 0 Å². The highest BCUT2D eigenvalue weighted by Gasteiger charge is 2.49. The van der Waals surface area contributed by atoms with E-state index in [1.54, 1.807) is 0 Å². The zero-order chi connectivity index (χ0) is 15.6. The smallest absolute Gasteiger partial charge is 0.227 e. The van der Waals surface area contributed by atoms with E-state index in [1.807, 2.05) is 0 Å². The van der Waals surface area contributed by atoms with Crippen molar-refractivity contribution >= 4 is 30.7 Å². The molecule has 2 N–H and O–H groups in total. The second kappa shape index (κ2) is 9.04. The van der Waals surface area contributed by atoms with Crippen LogP contribution in [-0.4, -0.2) is 62.3 Å². The molecular weight excluding hydrogens is 349 g/mol. The Morgan fingerprint density at radius 2 is 2.12 bits per heavy atom. The van der Waals surface area contributed by atoms with Crippen LogP contribution in [0, 0.1) is 11.3 Å². The van der Waals surface area contributed by atoms with Gasteiger partial charge in [0.15, 0.2) is 0 Å². The lowest BCUT2D eigenvalue weighted by atomic mass is 9.67. The number of hydrogen-bond donors (Lipinski definition) is 2. The lowest BCUT2D eigenvalue weighted by Crippen LogP contribution is -2.56. The van der Waals surface area contributed by atoms with Crippen molar-refractivity contribution in [2.75, 3.05) is 45.9 Å². The van der Waals surface area contributed by atoms with Crippen molar-refractivity contribution in [2.24, 2.45) is 11.3 Å². The van der Waals surface area contributed by atoms with E-state index in [-0.39, 0.29) is 41.7 Å². The summed E-state index contributed by atoms with van der Waals surface area (Å²) in [4.78, 5) is 15.2. The molecule has 2 saturated heterocycles. The van der Waals surface area contributed by atoms with E-state index in [0.717, 1.165) is 52.4 Å². The van der Waals surface area contributed by atoms with Gasteiger partial charge in [0.25, 0.3) is 0 Å². The first kappa shape index (κ1) is 22.0. The Bertz CT molecular complexity index is 423. The van der Waals surface area contributed by atoms with Gasteiger partial charge in [0.05, 0.1) is 18.6 Å². The zero-order valence-corrected chi connectivity index (χ0v) is 16.6. The highest BCUT2D eigenvalue weighted by molar-refractivity contribution is 5.85. The SMILES string of the molecule is CC1(C)COCCN1CCNC(=O)[C@@]12CCCC[C@H]1CNC2.Cl.Cl. The highest BCUT2D eigenvalue weighted by Crippen LogP contribution is 2.43. The molecule has 5 nitrogen and oxygen atoms in total. The van der Waals surface area contributed by atoms with Gasteiger partial charge in [-0.05, 0) is 39.2 Å². The quantitative estimate of drug-likeness (QED) is 0.779. The summed E-state index contributed by atoms with van der Waals surface area (Å²) in [6, 6.07) is 0. The van der Waals surface area contributed by atoms with E-state index >= 15 is 0 Å². The van der Waals surface area contributed by atoms with Gasteiger partial charge < -0.3 is 15.4 Å². The predicted octanol–water partition coefficient (Wildman–Crippen LogP) is 1.84. The second-order valence-electron chi connectivity index (χ2n) is 7.84. The Kier molecular flexibility index (Phi) is 8.27. The lowest BCUT2D eigenvalue weighted by molar-refractivity contribution is -0.134. The number of rotatable bonds is 4. The number of morpholine rings is 1. The summed E-state index contributed by atoms with van der Waals surface area (Å²) in [7, 11) is 0. The number of carbonyl (C=O) groups is 1. The Balaban J connectivity index is 0.00000144. The first-order valence-electron chi connectivity index (χ1n) is 8.86. The van der Waals surface area contributed by atoms with E-state index in [2.05, 4.69) is 29.4 Å². The molecule has 0 radical (unpaired) electrons. The molecule has 2 atom stereocenters. The molecule has 3 rings (SSSR count). The average Bonchev–Trinajstić information content (AvgIpc) is 2.93. The summed E-state index contributed by atoms with van der Waals surface area (Å²) >= 11 is 0. The van der Waals surface area contributed by atoms with Gasteiger partial charge in [-0.25, -0.2) is 0 Å². The van der Waals surface area contributed by atoms with Crippen molar-refractivity contribution in [3.05, 3.63) is 0 Å². The predicted molar refractivity (Wildman–Crippen MR) is 101 cm³/mol. The molecule has 2 aliphatic heterocycles. The van der Waals surface area contributed by atoms with Crippen LogP contribution in [0.25, 0.3) is 0 Å². The van der Waals surface area contributed by atoms with Gasteiger partial charge in [-0.15, -0.1) is 24.8 Å². The van der Waals surface area contributed by atoms with Crippen LogP contribution in [0.3, 0.4) is 0 Å². The molecule has 0 unspecified atom stereocenters. The lowest BCUT2D eigenvalue weighted by Gasteiger charge is -2.42. The van der Waals surface area contributed by atoms with E-state index in [9.17, 15) is 4.79 Å². The minimum absolute atomic E-state index is 0. The summed E-state index contributed by atoms with van der Waals surface area (Å²) in [5.74, 6) is 0.828. The van der Waals surface area contributed by atoms with Crippen molar-refractivity contribution in [3.63, 3.8) is 0 Å². The maximum Gasteiger partial charge on any atom is 0.227 e. The van der Waals surface area contributed by atoms with Crippen molar-refractivity contribution in [3.8, 4) is 0 Å². The third-order valence-electron chi connectivity index (χ3n) is 5.97.